The second kappa shape index (κ2) is 5.93. The van der Waals surface area contributed by atoms with Crippen molar-refractivity contribution in [3.05, 3.63) is 18.2 Å². The third-order valence-corrected chi connectivity index (χ3v) is 3.81. The van der Waals surface area contributed by atoms with E-state index < -0.39 is 0 Å². The lowest BCUT2D eigenvalue weighted by Gasteiger charge is -2.32. The normalized spacial score (nSPS) is 17.0. The van der Waals surface area contributed by atoms with Gasteiger partial charge in [-0.2, -0.15) is 0 Å². The van der Waals surface area contributed by atoms with Crippen molar-refractivity contribution in [1.29, 1.82) is 0 Å². The zero-order chi connectivity index (χ0) is 13.9. The van der Waals surface area contributed by atoms with Crippen molar-refractivity contribution in [2.24, 2.45) is 0 Å². The van der Waals surface area contributed by atoms with Crippen LogP contribution in [0.15, 0.2) is 12.4 Å². The first kappa shape index (κ1) is 13.6. The number of anilines is 1. The van der Waals surface area contributed by atoms with E-state index >= 15 is 0 Å². The van der Waals surface area contributed by atoms with E-state index in [4.69, 9.17) is 16.3 Å². The highest BCUT2D eigenvalue weighted by Gasteiger charge is 2.22. The molecule has 0 radical (unpaired) electrons. The summed E-state index contributed by atoms with van der Waals surface area (Å²) < 4.78 is 7.67. The van der Waals surface area contributed by atoms with Crippen LogP contribution in [0.1, 0.15) is 18.7 Å². The van der Waals surface area contributed by atoms with Crippen LogP contribution in [0, 0.1) is 6.92 Å². The number of aryl methyl sites for hydroxylation is 1. The molecule has 1 aliphatic rings. The van der Waals surface area contributed by atoms with Crippen molar-refractivity contribution >= 4 is 23.1 Å². The van der Waals surface area contributed by atoms with Gasteiger partial charge in [0.25, 0.3) is 0 Å². The summed E-state index contributed by atoms with van der Waals surface area (Å²) in [5.74, 6) is 2.34. The molecule has 1 fully saturated rings. The minimum absolute atomic E-state index is 0.310. The van der Waals surface area contributed by atoms with E-state index in [1.54, 1.807) is 6.20 Å². The summed E-state index contributed by atoms with van der Waals surface area (Å²) in [4.78, 5) is 6.73. The average molecular weight is 296 g/mol. The fourth-order valence-electron chi connectivity index (χ4n) is 2.60. The number of rotatable bonds is 4. The second-order valence-electron chi connectivity index (χ2n) is 4.94. The Morgan fingerprint density at radius 1 is 1.35 bits per heavy atom. The molecule has 6 nitrogen and oxygen atoms in total. The van der Waals surface area contributed by atoms with Crippen LogP contribution in [0.2, 0.25) is 0 Å². The van der Waals surface area contributed by atoms with Crippen LogP contribution in [0.5, 0.6) is 0 Å². The van der Waals surface area contributed by atoms with Crippen molar-refractivity contribution in [1.82, 2.24) is 19.6 Å². The summed E-state index contributed by atoms with van der Waals surface area (Å²) >= 11 is 5.65. The Morgan fingerprint density at radius 3 is 2.90 bits per heavy atom. The van der Waals surface area contributed by atoms with Crippen LogP contribution in [-0.4, -0.2) is 51.3 Å². The van der Waals surface area contributed by atoms with Crippen LogP contribution in [0.4, 0.5) is 5.82 Å². The van der Waals surface area contributed by atoms with Gasteiger partial charge in [-0.05, 0) is 19.8 Å². The van der Waals surface area contributed by atoms with Crippen molar-refractivity contribution in [2.45, 2.75) is 25.9 Å². The Hall–Kier alpha value is -1.40. The Kier molecular flexibility index (Phi) is 4.03. The fourth-order valence-corrected chi connectivity index (χ4v) is 2.69. The van der Waals surface area contributed by atoms with Crippen LogP contribution in [0.25, 0.3) is 5.65 Å². The standard InChI is InChI=1S/C13H18ClN5O/c1-10-16-17-13-12(15-5-8-19(10)13)18-6-2-11(3-7-18)20-9-4-14/h5,8,11H,2-4,6-7,9H2,1H3. The molecular weight excluding hydrogens is 278 g/mol. The zero-order valence-electron chi connectivity index (χ0n) is 11.5. The number of hydrogen-bond donors (Lipinski definition) is 0. The third kappa shape index (κ3) is 2.58. The van der Waals surface area contributed by atoms with Gasteiger partial charge in [-0.15, -0.1) is 21.8 Å². The molecule has 0 aromatic carbocycles. The maximum atomic E-state index is 5.70. The van der Waals surface area contributed by atoms with Crippen LogP contribution >= 0.6 is 11.6 Å². The van der Waals surface area contributed by atoms with E-state index in [2.05, 4.69) is 20.1 Å². The first-order chi connectivity index (χ1) is 9.79. The first-order valence-electron chi connectivity index (χ1n) is 6.88. The van der Waals surface area contributed by atoms with E-state index in [1.165, 1.54) is 0 Å². The van der Waals surface area contributed by atoms with Gasteiger partial charge in [-0.3, -0.25) is 4.40 Å². The number of aromatic nitrogens is 4. The highest BCUT2D eigenvalue weighted by molar-refractivity contribution is 6.17. The highest BCUT2D eigenvalue weighted by Crippen LogP contribution is 2.22. The highest BCUT2D eigenvalue weighted by atomic mass is 35.5. The average Bonchev–Trinajstić information content (AvgIpc) is 2.87. The molecule has 1 aliphatic heterocycles. The number of hydrogen-bond acceptors (Lipinski definition) is 5. The molecule has 2 aromatic heterocycles. The van der Waals surface area contributed by atoms with E-state index in [0.29, 0.717) is 18.6 Å². The molecule has 20 heavy (non-hydrogen) atoms. The quantitative estimate of drug-likeness (QED) is 0.803. The van der Waals surface area contributed by atoms with Crippen LogP contribution in [0.3, 0.4) is 0 Å². The number of piperidine rings is 1. The number of fused-ring (bicyclic) bond motifs is 1. The van der Waals surface area contributed by atoms with Gasteiger partial charge >= 0.3 is 0 Å². The van der Waals surface area contributed by atoms with Gasteiger partial charge in [0.1, 0.15) is 5.82 Å². The fraction of sp³-hybridized carbons (Fsp3) is 0.615. The molecule has 0 unspecified atom stereocenters. The largest absolute Gasteiger partial charge is 0.377 e. The van der Waals surface area contributed by atoms with E-state index in [1.807, 2.05) is 17.5 Å². The predicted molar refractivity (Wildman–Crippen MR) is 77.4 cm³/mol. The SMILES string of the molecule is Cc1nnc2c(N3CCC(OCCCl)CC3)nccn12. The molecule has 1 saturated heterocycles. The van der Waals surface area contributed by atoms with Crippen molar-refractivity contribution in [3.63, 3.8) is 0 Å². The Labute approximate surface area is 122 Å². The summed E-state index contributed by atoms with van der Waals surface area (Å²) in [5.41, 5.74) is 0.824. The van der Waals surface area contributed by atoms with Crippen molar-refractivity contribution in [3.8, 4) is 0 Å². The van der Waals surface area contributed by atoms with E-state index in [-0.39, 0.29) is 0 Å². The molecule has 7 heteroatoms. The number of halogens is 1. The Balaban J connectivity index is 1.73. The minimum Gasteiger partial charge on any atom is -0.377 e. The van der Waals surface area contributed by atoms with Gasteiger partial charge in [0.15, 0.2) is 5.82 Å². The van der Waals surface area contributed by atoms with Crippen LogP contribution < -0.4 is 4.90 Å². The molecule has 0 aliphatic carbocycles. The lowest BCUT2D eigenvalue weighted by molar-refractivity contribution is 0.0471. The molecule has 0 spiro atoms. The Morgan fingerprint density at radius 2 is 2.15 bits per heavy atom. The van der Waals surface area contributed by atoms with Gasteiger partial charge in [0.2, 0.25) is 5.65 Å². The summed E-state index contributed by atoms with van der Waals surface area (Å²) in [5, 5.41) is 8.34. The summed E-state index contributed by atoms with van der Waals surface area (Å²) in [7, 11) is 0. The lowest BCUT2D eigenvalue weighted by atomic mass is 10.1. The van der Waals surface area contributed by atoms with Crippen molar-refractivity contribution in [2.75, 3.05) is 30.5 Å². The molecule has 0 saturated carbocycles. The first-order valence-corrected chi connectivity index (χ1v) is 7.42. The molecule has 0 atom stereocenters. The number of nitrogens with zero attached hydrogens (tertiary/aromatic N) is 5. The van der Waals surface area contributed by atoms with Gasteiger partial charge in [-0.1, -0.05) is 0 Å². The molecule has 3 rings (SSSR count). The molecule has 3 heterocycles. The molecular formula is C13H18ClN5O. The second-order valence-corrected chi connectivity index (χ2v) is 5.32. The molecule has 0 N–H and O–H groups in total. The maximum Gasteiger partial charge on any atom is 0.203 e. The number of ether oxygens (including phenoxy) is 1. The number of alkyl halides is 1. The summed E-state index contributed by atoms with van der Waals surface area (Å²) in [6.07, 6.45) is 5.99. The molecule has 0 amide bonds. The van der Waals surface area contributed by atoms with E-state index in [9.17, 15) is 0 Å². The minimum atomic E-state index is 0.310. The van der Waals surface area contributed by atoms with Crippen LogP contribution in [-0.2, 0) is 4.74 Å². The van der Waals surface area contributed by atoms with Gasteiger partial charge in [-0.25, -0.2) is 4.98 Å². The summed E-state index contributed by atoms with van der Waals surface area (Å²) in [6.45, 7) is 4.41. The van der Waals surface area contributed by atoms with Crippen molar-refractivity contribution < 1.29 is 4.74 Å². The van der Waals surface area contributed by atoms with Gasteiger partial charge in [0, 0.05) is 31.4 Å². The maximum absolute atomic E-state index is 5.70. The molecule has 0 bridgehead atoms. The third-order valence-electron chi connectivity index (χ3n) is 3.65. The summed E-state index contributed by atoms with van der Waals surface area (Å²) in [6, 6.07) is 0. The monoisotopic (exact) mass is 295 g/mol. The lowest BCUT2D eigenvalue weighted by Crippen LogP contribution is -2.38. The van der Waals surface area contributed by atoms with Gasteiger partial charge < -0.3 is 9.64 Å². The van der Waals surface area contributed by atoms with Gasteiger partial charge in [0.05, 0.1) is 12.7 Å². The smallest absolute Gasteiger partial charge is 0.203 e. The molecule has 2 aromatic rings. The predicted octanol–water partition coefficient (Wildman–Crippen LogP) is 1.66. The van der Waals surface area contributed by atoms with E-state index in [0.717, 1.165) is 43.2 Å². The topological polar surface area (TPSA) is 55.5 Å². The zero-order valence-corrected chi connectivity index (χ0v) is 12.3. The Bertz CT molecular complexity index is 579. The molecule has 108 valence electrons.